The first-order chi connectivity index (χ1) is 12.2. The molecule has 0 fully saturated rings. The Hall–Kier alpha value is -3.04. The van der Waals surface area contributed by atoms with Crippen molar-refractivity contribution in [3.05, 3.63) is 64.4 Å². The summed E-state index contributed by atoms with van der Waals surface area (Å²) in [5.41, 5.74) is 0.531. The first-order valence-corrected chi connectivity index (χ1v) is 8.29. The minimum absolute atomic E-state index is 0.0523. The second-order valence-corrected chi connectivity index (χ2v) is 5.87. The number of ether oxygens (including phenoxy) is 3. The molecular weight excluding hydrogens is 338 g/mol. The molecule has 1 aromatic carbocycles. The molecular formula is C19H17NO4S. The lowest BCUT2D eigenvalue weighted by Gasteiger charge is -2.11. The molecule has 1 heterocycles. The van der Waals surface area contributed by atoms with E-state index < -0.39 is 5.97 Å². The zero-order valence-corrected chi connectivity index (χ0v) is 14.5. The number of methoxy groups -OCH3 is 1. The predicted molar refractivity (Wildman–Crippen MR) is 96.4 cm³/mol. The number of nitriles is 1. The monoisotopic (exact) mass is 355 g/mol. The van der Waals surface area contributed by atoms with Crippen LogP contribution in [-0.4, -0.2) is 19.7 Å². The number of hydrogen-bond acceptors (Lipinski definition) is 6. The molecule has 0 amide bonds. The quantitative estimate of drug-likeness (QED) is 0.310. The van der Waals surface area contributed by atoms with Crippen molar-refractivity contribution < 1.29 is 19.0 Å². The van der Waals surface area contributed by atoms with Crippen LogP contribution in [0.2, 0.25) is 0 Å². The third-order valence-electron chi connectivity index (χ3n) is 3.12. The zero-order chi connectivity index (χ0) is 18.1. The van der Waals surface area contributed by atoms with E-state index >= 15 is 0 Å². The van der Waals surface area contributed by atoms with Gasteiger partial charge in [0, 0.05) is 4.88 Å². The van der Waals surface area contributed by atoms with E-state index in [1.165, 1.54) is 19.3 Å². The van der Waals surface area contributed by atoms with Gasteiger partial charge in [0.2, 0.25) is 0 Å². The van der Waals surface area contributed by atoms with Gasteiger partial charge >= 0.3 is 5.97 Å². The van der Waals surface area contributed by atoms with Gasteiger partial charge in [0.25, 0.3) is 0 Å². The summed E-state index contributed by atoms with van der Waals surface area (Å²) in [6.45, 7) is 3.96. The van der Waals surface area contributed by atoms with Gasteiger partial charge in [0.15, 0.2) is 11.5 Å². The fourth-order valence-electron chi connectivity index (χ4n) is 1.95. The van der Waals surface area contributed by atoms with Crippen molar-refractivity contribution in [2.24, 2.45) is 0 Å². The van der Waals surface area contributed by atoms with Crippen molar-refractivity contribution in [2.75, 3.05) is 13.7 Å². The van der Waals surface area contributed by atoms with Gasteiger partial charge in [-0.25, -0.2) is 4.79 Å². The van der Waals surface area contributed by atoms with E-state index in [1.54, 1.807) is 29.5 Å². The van der Waals surface area contributed by atoms with Crippen molar-refractivity contribution >= 4 is 23.4 Å². The Morgan fingerprint density at radius 3 is 2.84 bits per heavy atom. The molecule has 0 spiro atoms. The molecule has 0 atom stereocenters. The summed E-state index contributed by atoms with van der Waals surface area (Å²) in [7, 11) is 1.53. The number of esters is 1. The molecule has 2 rings (SSSR count). The first-order valence-electron chi connectivity index (χ1n) is 7.41. The fraction of sp³-hybridized carbons (Fsp3) is 0.158. The fourth-order valence-corrected chi connectivity index (χ4v) is 2.57. The lowest BCUT2D eigenvalue weighted by atomic mass is 10.1. The standard InChI is InChI=1S/C19H17NO4S/c1-3-8-23-19(21)15(12-20)10-14-6-7-17(18(11-14)22-2)24-13-16-5-4-9-25-16/h3-7,9-11H,1,8,13H2,2H3/b15-10+. The summed E-state index contributed by atoms with van der Waals surface area (Å²) in [5, 5.41) is 11.1. The van der Waals surface area contributed by atoms with E-state index in [0.29, 0.717) is 23.7 Å². The highest BCUT2D eigenvalue weighted by molar-refractivity contribution is 7.09. The summed E-state index contributed by atoms with van der Waals surface area (Å²) in [6.07, 6.45) is 2.88. The average Bonchev–Trinajstić information content (AvgIpc) is 3.16. The Kier molecular flexibility index (Phi) is 6.81. The molecule has 2 aromatic rings. The van der Waals surface area contributed by atoms with Crippen molar-refractivity contribution in [3.8, 4) is 17.6 Å². The highest BCUT2D eigenvalue weighted by Gasteiger charge is 2.11. The lowest BCUT2D eigenvalue weighted by Crippen LogP contribution is -2.06. The third-order valence-corrected chi connectivity index (χ3v) is 3.97. The maximum absolute atomic E-state index is 11.8. The minimum atomic E-state index is -0.695. The highest BCUT2D eigenvalue weighted by Crippen LogP contribution is 2.30. The van der Waals surface area contributed by atoms with Crippen molar-refractivity contribution in [2.45, 2.75) is 6.61 Å². The van der Waals surface area contributed by atoms with Gasteiger partial charge in [-0.3, -0.25) is 0 Å². The van der Waals surface area contributed by atoms with Gasteiger partial charge in [-0.05, 0) is 35.2 Å². The summed E-state index contributed by atoms with van der Waals surface area (Å²) >= 11 is 1.61. The van der Waals surface area contributed by atoms with E-state index in [2.05, 4.69) is 6.58 Å². The summed E-state index contributed by atoms with van der Waals surface area (Å²) in [5.74, 6) is 0.405. The summed E-state index contributed by atoms with van der Waals surface area (Å²) in [4.78, 5) is 12.9. The Labute approximate surface area is 150 Å². The molecule has 0 N–H and O–H groups in total. The maximum Gasteiger partial charge on any atom is 0.349 e. The Bertz CT molecular complexity index is 803. The lowest BCUT2D eigenvalue weighted by molar-refractivity contribution is -0.137. The van der Waals surface area contributed by atoms with Crippen LogP contribution in [0.5, 0.6) is 11.5 Å². The number of rotatable bonds is 8. The normalized spacial score (nSPS) is 10.6. The Morgan fingerprint density at radius 1 is 1.36 bits per heavy atom. The second kappa shape index (κ2) is 9.30. The molecule has 5 nitrogen and oxygen atoms in total. The van der Waals surface area contributed by atoms with E-state index in [0.717, 1.165) is 4.88 Å². The van der Waals surface area contributed by atoms with Crippen LogP contribution in [0.3, 0.4) is 0 Å². The number of nitrogens with zero attached hydrogens (tertiary/aromatic N) is 1. The van der Waals surface area contributed by atoms with Gasteiger partial charge in [0.05, 0.1) is 7.11 Å². The molecule has 0 aliphatic rings. The second-order valence-electron chi connectivity index (χ2n) is 4.84. The maximum atomic E-state index is 11.8. The molecule has 25 heavy (non-hydrogen) atoms. The largest absolute Gasteiger partial charge is 0.493 e. The van der Waals surface area contributed by atoms with Gasteiger partial charge in [0.1, 0.15) is 24.9 Å². The number of carbonyl (C=O) groups excluding carboxylic acids is 1. The molecule has 0 bridgehead atoms. The van der Waals surface area contributed by atoms with Gasteiger partial charge in [-0.2, -0.15) is 5.26 Å². The van der Waals surface area contributed by atoms with Crippen LogP contribution >= 0.6 is 11.3 Å². The summed E-state index contributed by atoms with van der Waals surface area (Å²) < 4.78 is 16.0. The topological polar surface area (TPSA) is 68.6 Å². The molecule has 0 radical (unpaired) electrons. The van der Waals surface area contributed by atoms with Crippen LogP contribution in [0.4, 0.5) is 0 Å². The first kappa shape index (κ1) is 18.3. The number of carbonyl (C=O) groups is 1. The zero-order valence-electron chi connectivity index (χ0n) is 13.7. The SMILES string of the molecule is C=CCOC(=O)/C(C#N)=C/c1ccc(OCc2cccs2)c(OC)c1. The third kappa shape index (κ3) is 5.23. The van der Waals surface area contributed by atoms with Crippen LogP contribution in [0.25, 0.3) is 6.08 Å². The highest BCUT2D eigenvalue weighted by atomic mass is 32.1. The van der Waals surface area contributed by atoms with Crippen LogP contribution in [0.15, 0.2) is 53.9 Å². The molecule has 0 unspecified atom stereocenters. The van der Waals surface area contributed by atoms with Crippen molar-refractivity contribution in [1.82, 2.24) is 0 Å². The van der Waals surface area contributed by atoms with Gasteiger partial charge < -0.3 is 14.2 Å². The molecule has 0 saturated carbocycles. The molecule has 0 aliphatic carbocycles. The number of hydrogen-bond donors (Lipinski definition) is 0. The molecule has 6 heteroatoms. The number of benzene rings is 1. The van der Waals surface area contributed by atoms with E-state index in [4.69, 9.17) is 19.5 Å². The van der Waals surface area contributed by atoms with Crippen LogP contribution in [0.1, 0.15) is 10.4 Å². The smallest absolute Gasteiger partial charge is 0.349 e. The molecule has 128 valence electrons. The van der Waals surface area contributed by atoms with Crippen LogP contribution in [0, 0.1) is 11.3 Å². The number of thiophene rings is 1. The molecule has 0 saturated heterocycles. The predicted octanol–water partition coefficient (Wildman–Crippen LogP) is 3.97. The minimum Gasteiger partial charge on any atom is -0.493 e. The molecule has 1 aromatic heterocycles. The average molecular weight is 355 g/mol. The molecule has 0 aliphatic heterocycles. The van der Waals surface area contributed by atoms with E-state index in [9.17, 15) is 4.79 Å². The van der Waals surface area contributed by atoms with E-state index in [1.807, 2.05) is 23.6 Å². The Balaban J connectivity index is 2.16. The van der Waals surface area contributed by atoms with Crippen LogP contribution in [-0.2, 0) is 16.1 Å². The summed E-state index contributed by atoms with van der Waals surface area (Å²) in [6, 6.07) is 11.0. The van der Waals surface area contributed by atoms with Gasteiger partial charge in [-0.15, -0.1) is 11.3 Å². The van der Waals surface area contributed by atoms with Gasteiger partial charge in [-0.1, -0.05) is 24.8 Å². The van der Waals surface area contributed by atoms with Crippen LogP contribution < -0.4 is 9.47 Å². The van der Waals surface area contributed by atoms with E-state index in [-0.39, 0.29) is 12.2 Å². The van der Waals surface area contributed by atoms with Crippen molar-refractivity contribution in [3.63, 3.8) is 0 Å². The van der Waals surface area contributed by atoms with Crippen molar-refractivity contribution in [1.29, 1.82) is 5.26 Å². The Morgan fingerprint density at radius 2 is 2.20 bits per heavy atom.